The fraction of sp³-hybridized carbons (Fsp3) is 0.447. The molecule has 0 aliphatic carbocycles. The molecule has 0 spiro atoms. The van der Waals surface area contributed by atoms with E-state index >= 15 is 19.2 Å². The Kier molecular flexibility index (Phi) is 42.9. The van der Waals surface area contributed by atoms with E-state index in [0.717, 1.165) is 6.92 Å². The minimum Gasteiger partial charge on any atom is -0.508 e. The van der Waals surface area contributed by atoms with E-state index in [9.17, 15) is 92.0 Å². The highest BCUT2D eigenvalue weighted by atomic mass is 16.4. The number of carboxylic acid groups (broad SMARTS) is 3. The number of amides is 17. The van der Waals surface area contributed by atoms with E-state index in [1.54, 1.807) is 86.6 Å². The van der Waals surface area contributed by atoms with E-state index in [-0.39, 0.29) is 62.3 Å². The Morgan fingerprint density at radius 1 is 0.366 bits per heavy atom. The molecule has 710 valence electrons. The maximum atomic E-state index is 15.3. The molecule has 0 bridgehead atoms. The van der Waals surface area contributed by atoms with Crippen LogP contribution in [0.5, 0.6) is 5.75 Å². The van der Waals surface area contributed by atoms with Crippen LogP contribution < -0.4 is 108 Å². The fourth-order valence-electron chi connectivity index (χ4n) is 13.2. The second-order valence-electron chi connectivity index (χ2n) is 31.8. The van der Waals surface area contributed by atoms with Gasteiger partial charge in [0.2, 0.25) is 100 Å². The van der Waals surface area contributed by atoms with E-state index in [1.807, 2.05) is 0 Å². The Morgan fingerprint density at radius 2 is 0.763 bits per heavy atom. The van der Waals surface area contributed by atoms with Gasteiger partial charge >= 0.3 is 17.9 Å². The zero-order valence-electron chi connectivity index (χ0n) is 72.9. The molecule has 5 rings (SSSR count). The number of nitrogens with one attached hydrogen (secondary N) is 17. The number of primary amides is 3. The number of aliphatic carboxylic acids is 3. The lowest BCUT2D eigenvalue weighted by molar-refractivity contribution is -0.142. The summed E-state index contributed by atoms with van der Waals surface area (Å²) >= 11 is 0. The van der Waals surface area contributed by atoms with Gasteiger partial charge in [-0.3, -0.25) is 101 Å². The monoisotopic (exact) mass is 1830 g/mol. The SMILES string of the molecule is CC(C)C[C@H](NC(=O)[C@H](CCC(=O)O)NC(=O)[C@H](C)NC(=O)[C@@H](NC(=O)[C@H](Cc1ccccc1)NC(=O)[C@H](Cc1c[nH]c2ccccc12)NC(=O)[C@H](CC(=O)O)NC(=O)[C@H](Cc1ccc(O)cc1)NC(=O)[C@H](Cc1ccccc1)NC(=O)[C@H](CC(N)=O)NC(=O)[C@H](C)NC(=O)[C@H](CC(N)=O)NC(=O)[C@H](CCCNC(=N)N)NC(=O)[C@@H](N)CCC(N)=O)C(C)C)C(=O)NCC(=O)O. The summed E-state index contributed by atoms with van der Waals surface area (Å²) in [6, 6.07) is 4.10. The summed E-state index contributed by atoms with van der Waals surface area (Å²) in [6.07, 6.45) is -5.12. The molecule has 0 unspecified atom stereocenters. The number of phenolic OH excluding ortho intramolecular Hbond substituents is 1. The number of aromatic amines is 1. The van der Waals surface area contributed by atoms with Gasteiger partial charge in [-0.15, -0.1) is 0 Å². The molecule has 0 aliphatic heterocycles. The summed E-state index contributed by atoms with van der Waals surface area (Å²) < 4.78 is 0. The number of para-hydroxylation sites is 1. The second kappa shape index (κ2) is 52.8. The van der Waals surface area contributed by atoms with Crippen LogP contribution in [0.2, 0.25) is 0 Å². The smallest absolute Gasteiger partial charge is 0.322 e. The van der Waals surface area contributed by atoms with Crippen molar-refractivity contribution in [1.29, 1.82) is 5.41 Å². The first-order valence-electron chi connectivity index (χ1n) is 41.7. The van der Waals surface area contributed by atoms with Gasteiger partial charge in [0.1, 0.15) is 90.8 Å². The Hall–Kier alpha value is -15.1. The Morgan fingerprint density at radius 3 is 1.22 bits per heavy atom. The summed E-state index contributed by atoms with van der Waals surface area (Å²) in [7, 11) is 0. The van der Waals surface area contributed by atoms with Crippen LogP contribution in [0.1, 0.15) is 128 Å². The number of carboxylic acids is 3. The minimum atomic E-state index is -2.15. The van der Waals surface area contributed by atoms with E-state index in [1.165, 1.54) is 63.4 Å². The summed E-state index contributed by atoms with van der Waals surface area (Å²) in [4.78, 5) is 276. The maximum Gasteiger partial charge on any atom is 0.322 e. The molecule has 0 aliphatic rings. The number of carbonyl (C=O) groups excluding carboxylic acids is 17. The van der Waals surface area contributed by atoms with Crippen LogP contribution in [0.4, 0.5) is 0 Å². The normalized spacial score (nSPS) is 14.2. The van der Waals surface area contributed by atoms with Gasteiger partial charge in [-0.1, -0.05) is 119 Å². The number of guanidine groups is 1. The van der Waals surface area contributed by atoms with Crippen LogP contribution in [0, 0.1) is 17.2 Å². The van der Waals surface area contributed by atoms with Gasteiger partial charge in [-0.05, 0) is 98.2 Å². The van der Waals surface area contributed by atoms with Crippen LogP contribution in [0.25, 0.3) is 10.9 Å². The number of hydrogen-bond donors (Lipinski definition) is 26. The Bertz CT molecular complexity index is 4900. The first kappa shape index (κ1) is 106. The number of carbonyl (C=O) groups is 20. The molecule has 46 heteroatoms. The third-order valence-electron chi connectivity index (χ3n) is 20.1. The van der Waals surface area contributed by atoms with E-state index in [2.05, 4.69) is 84.7 Å². The third kappa shape index (κ3) is 37.7. The number of phenols is 1. The molecule has 4 aromatic carbocycles. The van der Waals surface area contributed by atoms with Gasteiger partial charge in [0.05, 0.1) is 25.3 Å². The number of nitrogens with two attached hydrogens (primary N) is 5. The molecule has 0 radical (unpaired) electrons. The summed E-state index contributed by atoms with van der Waals surface area (Å²) in [5.74, 6) is -24.8. The lowest BCUT2D eigenvalue weighted by Gasteiger charge is -2.29. The topological polar surface area (TPSA) is 773 Å². The van der Waals surface area contributed by atoms with Crippen molar-refractivity contribution >= 4 is 135 Å². The van der Waals surface area contributed by atoms with Gasteiger partial charge in [-0.2, -0.15) is 0 Å². The Labute approximate surface area is 751 Å². The first-order valence-corrected chi connectivity index (χ1v) is 41.7. The van der Waals surface area contributed by atoms with E-state index < -0.39 is 273 Å². The van der Waals surface area contributed by atoms with Crippen molar-refractivity contribution in [1.82, 2.24) is 84.7 Å². The van der Waals surface area contributed by atoms with Crippen LogP contribution >= 0.6 is 0 Å². The van der Waals surface area contributed by atoms with Crippen LogP contribution in [-0.4, -0.2) is 247 Å². The Balaban J connectivity index is 1.45. The van der Waals surface area contributed by atoms with Crippen molar-refractivity contribution in [2.24, 2.45) is 40.5 Å². The van der Waals surface area contributed by atoms with Crippen molar-refractivity contribution in [2.45, 2.75) is 216 Å². The fourth-order valence-corrected chi connectivity index (χ4v) is 13.2. The van der Waals surface area contributed by atoms with Gasteiger partial charge in [0.25, 0.3) is 0 Å². The molecule has 14 atom stereocenters. The van der Waals surface area contributed by atoms with Crippen molar-refractivity contribution in [3.8, 4) is 5.75 Å². The number of aromatic nitrogens is 1. The number of fused-ring (bicyclic) bond motifs is 1. The van der Waals surface area contributed by atoms with Gasteiger partial charge < -0.3 is 134 Å². The molecule has 0 fully saturated rings. The predicted molar refractivity (Wildman–Crippen MR) is 468 cm³/mol. The molecule has 5 aromatic rings. The molecule has 1 heterocycles. The molecule has 0 saturated heterocycles. The zero-order chi connectivity index (χ0) is 97.5. The van der Waals surface area contributed by atoms with Crippen molar-refractivity contribution in [3.05, 3.63) is 138 Å². The maximum absolute atomic E-state index is 15.3. The quantitative estimate of drug-likeness (QED) is 0.00980. The number of hydrogen-bond acceptors (Lipinski definition) is 23. The predicted octanol–water partition coefficient (Wildman–Crippen LogP) is -5.66. The summed E-state index contributed by atoms with van der Waals surface area (Å²) in [6.45, 7) is 7.97. The molecule has 1 aromatic heterocycles. The minimum absolute atomic E-state index is 0.00401. The molecule has 46 nitrogen and oxygen atoms in total. The molecule has 17 amide bonds. The van der Waals surface area contributed by atoms with Crippen molar-refractivity contribution < 1.29 is 116 Å². The van der Waals surface area contributed by atoms with Crippen LogP contribution in [0.15, 0.2) is 115 Å². The molecular formula is C85H116N22O24. The van der Waals surface area contributed by atoms with Gasteiger partial charge in [0, 0.05) is 62.2 Å². The molecule has 0 saturated carbocycles. The number of aromatic hydroxyl groups is 1. The van der Waals surface area contributed by atoms with Gasteiger partial charge in [0.15, 0.2) is 5.96 Å². The molecule has 31 N–H and O–H groups in total. The first-order chi connectivity index (χ1) is 61.8. The van der Waals surface area contributed by atoms with Crippen LogP contribution in [0.3, 0.4) is 0 Å². The third-order valence-corrected chi connectivity index (χ3v) is 20.1. The summed E-state index contributed by atoms with van der Waals surface area (Å²) in [5, 5.41) is 83.8. The van der Waals surface area contributed by atoms with Crippen LogP contribution in [-0.2, 0) is 122 Å². The van der Waals surface area contributed by atoms with E-state index in [4.69, 9.17) is 39.2 Å². The lowest BCUT2D eigenvalue weighted by Crippen LogP contribution is -2.62. The van der Waals surface area contributed by atoms with Crippen molar-refractivity contribution in [3.63, 3.8) is 0 Å². The average molecular weight is 1830 g/mol. The highest BCUT2D eigenvalue weighted by Crippen LogP contribution is 2.21. The number of rotatable bonds is 56. The zero-order valence-corrected chi connectivity index (χ0v) is 72.9. The molecule has 131 heavy (non-hydrogen) atoms. The van der Waals surface area contributed by atoms with Crippen molar-refractivity contribution in [2.75, 3.05) is 13.1 Å². The summed E-state index contributed by atoms with van der Waals surface area (Å²) in [5.41, 5.74) is 29.5. The molecular weight excluding hydrogens is 1710 g/mol. The van der Waals surface area contributed by atoms with Gasteiger partial charge in [-0.25, -0.2) is 0 Å². The number of benzene rings is 4. The van der Waals surface area contributed by atoms with E-state index in [0.29, 0.717) is 27.6 Å². The standard InChI is InChI=1S/C85H116N22O24/c1-42(2)32-56(74(121)94-41-69(116)117)100-76(123)55(28-30-67(112)113)97-71(118)45(6)96-84(131)70(43(3)4)107-83(130)59(34-47-18-11-8-12-19-47)103-80(127)60(36-49-40-93-53-21-14-13-20-51(49)53)104-82(129)63(39-68(114)115)106-79(126)58(35-48-23-25-50(108)26-24-48)101-78(125)57(33-46-16-9-7-10-17-46)102-81(128)62(38-66(89)111)99-72(119)44(5)95-77(124)61(37-65(88)110)105-75(122)54(22-15-31-92-85(90)91)98-73(120)52(86)27-29-64(87)109/h7-14,16-21,23-26,40,42-45,52,54-63,70,93,108H,15,22,27-39,41,86H2,1-6H3,(H2,87,109)(H2,88,110)(H2,89,111)(H,94,121)(H,95,124)(H,96,131)(H,97,118)(H,98,120)(H,99,119)(H,100,123)(H,101,125)(H,102,128)(H,103,127)(H,104,129)(H,105,122)(H,106,126)(H,107,130)(H,112,113)(H,114,115)(H,116,117)(H4,90,91,92)/t44-,45-,52-,54-,55-,56-,57-,58-,59-,60-,61-,62-,63-,70-/m0/s1. The second-order valence-corrected chi connectivity index (χ2v) is 31.8. The lowest BCUT2D eigenvalue weighted by atomic mass is 9.99. The average Bonchev–Trinajstić information content (AvgIpc) is 1.73. The number of H-pyrrole nitrogens is 1. The highest BCUT2D eigenvalue weighted by molar-refractivity contribution is 6.03. The largest absolute Gasteiger partial charge is 0.508 e. The highest BCUT2D eigenvalue weighted by Gasteiger charge is 2.40.